The number of hydrazine groups is 1. The van der Waals surface area contributed by atoms with Crippen molar-refractivity contribution in [2.75, 3.05) is 0 Å². The lowest BCUT2D eigenvalue weighted by atomic mass is 9.96. The van der Waals surface area contributed by atoms with Crippen LogP contribution in [0.5, 0.6) is 0 Å². The van der Waals surface area contributed by atoms with Crippen LogP contribution in [0, 0.1) is 12.7 Å². The smallest absolute Gasteiger partial charge is 0.123 e. The van der Waals surface area contributed by atoms with Crippen molar-refractivity contribution in [3.63, 3.8) is 0 Å². The van der Waals surface area contributed by atoms with Crippen LogP contribution in [-0.2, 0) is 0 Å². The summed E-state index contributed by atoms with van der Waals surface area (Å²) in [7, 11) is 0. The summed E-state index contributed by atoms with van der Waals surface area (Å²) in [4.78, 5) is 0. The number of hydrogen-bond donors (Lipinski definition) is 2. The summed E-state index contributed by atoms with van der Waals surface area (Å²) in [5.74, 6) is 5.47. The maximum Gasteiger partial charge on any atom is 0.123 e. The second kappa shape index (κ2) is 9.89. The number of unbranched alkanes of at least 4 members (excludes halogenated alkanes) is 6. The molecule has 0 fully saturated rings. The van der Waals surface area contributed by atoms with Crippen molar-refractivity contribution in [3.8, 4) is 0 Å². The Morgan fingerprint density at radius 1 is 1.10 bits per heavy atom. The number of nitrogens with two attached hydrogens (primary N) is 1. The molecule has 20 heavy (non-hydrogen) atoms. The van der Waals surface area contributed by atoms with Gasteiger partial charge in [0.15, 0.2) is 0 Å². The first-order chi connectivity index (χ1) is 9.69. The molecule has 1 aromatic rings. The van der Waals surface area contributed by atoms with Gasteiger partial charge in [0, 0.05) is 6.04 Å². The van der Waals surface area contributed by atoms with Gasteiger partial charge in [-0.05, 0) is 36.6 Å². The molecule has 0 aliphatic rings. The third kappa shape index (κ3) is 6.02. The highest BCUT2D eigenvalue weighted by Gasteiger charge is 2.12. The van der Waals surface area contributed by atoms with Crippen LogP contribution >= 0.6 is 0 Å². The van der Waals surface area contributed by atoms with E-state index in [1.54, 1.807) is 6.07 Å². The number of hydrogen-bond acceptors (Lipinski definition) is 2. The first-order valence-corrected chi connectivity index (χ1v) is 7.91. The molecule has 1 unspecified atom stereocenters. The lowest BCUT2D eigenvalue weighted by molar-refractivity contribution is 0.473. The fraction of sp³-hybridized carbons (Fsp3) is 0.647. The number of halogens is 1. The third-order valence-corrected chi connectivity index (χ3v) is 3.90. The molecular weight excluding hydrogens is 251 g/mol. The van der Waals surface area contributed by atoms with E-state index in [9.17, 15) is 4.39 Å². The van der Waals surface area contributed by atoms with E-state index in [1.807, 2.05) is 13.0 Å². The number of rotatable bonds is 10. The molecule has 114 valence electrons. The van der Waals surface area contributed by atoms with E-state index in [4.69, 9.17) is 5.84 Å². The topological polar surface area (TPSA) is 38.0 Å². The van der Waals surface area contributed by atoms with Crippen LogP contribution in [0.25, 0.3) is 0 Å². The van der Waals surface area contributed by atoms with E-state index in [0.29, 0.717) is 0 Å². The second-order valence-corrected chi connectivity index (χ2v) is 5.63. The van der Waals surface area contributed by atoms with Gasteiger partial charge in [-0.1, -0.05) is 57.9 Å². The van der Waals surface area contributed by atoms with Crippen molar-refractivity contribution in [1.29, 1.82) is 0 Å². The van der Waals surface area contributed by atoms with Gasteiger partial charge in [-0.2, -0.15) is 0 Å². The summed E-state index contributed by atoms with van der Waals surface area (Å²) in [5, 5.41) is 0. The normalized spacial score (nSPS) is 12.6. The Morgan fingerprint density at radius 3 is 2.35 bits per heavy atom. The lowest BCUT2D eigenvalue weighted by Gasteiger charge is -2.18. The van der Waals surface area contributed by atoms with Gasteiger partial charge in [-0.3, -0.25) is 11.3 Å². The quantitative estimate of drug-likeness (QED) is 0.368. The Balaban J connectivity index is 2.32. The first-order valence-electron chi connectivity index (χ1n) is 7.91. The second-order valence-electron chi connectivity index (χ2n) is 5.63. The summed E-state index contributed by atoms with van der Waals surface area (Å²) >= 11 is 0. The minimum absolute atomic E-state index is 0.131. The standard InChI is InChI=1S/C17H29FN2/c1-3-4-5-6-7-8-9-10-17(20-19)16-12-11-15(18)13-14(16)2/h11-13,17,20H,3-10,19H2,1-2H3. The van der Waals surface area contributed by atoms with Crippen LogP contribution in [0.2, 0.25) is 0 Å². The molecule has 3 heteroatoms. The molecule has 0 bridgehead atoms. The molecule has 0 saturated heterocycles. The molecule has 0 aliphatic carbocycles. The van der Waals surface area contributed by atoms with Gasteiger partial charge in [0.25, 0.3) is 0 Å². The Morgan fingerprint density at radius 2 is 1.75 bits per heavy atom. The van der Waals surface area contributed by atoms with Crippen molar-refractivity contribution in [2.24, 2.45) is 5.84 Å². The van der Waals surface area contributed by atoms with Crippen LogP contribution in [0.1, 0.15) is 75.5 Å². The minimum Gasteiger partial charge on any atom is -0.271 e. The van der Waals surface area contributed by atoms with Gasteiger partial charge in [0.2, 0.25) is 0 Å². The van der Waals surface area contributed by atoms with E-state index in [0.717, 1.165) is 24.0 Å². The molecule has 0 spiro atoms. The third-order valence-electron chi connectivity index (χ3n) is 3.90. The molecular formula is C17H29FN2. The predicted octanol–water partition coefficient (Wildman–Crippen LogP) is 4.78. The molecule has 3 N–H and O–H groups in total. The lowest BCUT2D eigenvalue weighted by Crippen LogP contribution is -2.28. The fourth-order valence-electron chi connectivity index (χ4n) is 2.66. The van der Waals surface area contributed by atoms with Gasteiger partial charge in [0.05, 0.1) is 0 Å². The van der Waals surface area contributed by atoms with Gasteiger partial charge in [0.1, 0.15) is 5.82 Å². The van der Waals surface area contributed by atoms with Crippen molar-refractivity contribution in [1.82, 2.24) is 5.43 Å². The van der Waals surface area contributed by atoms with E-state index < -0.39 is 0 Å². The van der Waals surface area contributed by atoms with Crippen LogP contribution in [0.4, 0.5) is 4.39 Å². The van der Waals surface area contributed by atoms with E-state index in [2.05, 4.69) is 12.3 Å². The summed E-state index contributed by atoms with van der Waals surface area (Å²) in [6, 6.07) is 5.06. The van der Waals surface area contributed by atoms with Gasteiger partial charge >= 0.3 is 0 Å². The number of aryl methyl sites for hydroxylation is 1. The SMILES string of the molecule is CCCCCCCCCC(NN)c1ccc(F)cc1C. The van der Waals surface area contributed by atoms with E-state index >= 15 is 0 Å². The van der Waals surface area contributed by atoms with Crippen molar-refractivity contribution in [3.05, 3.63) is 35.1 Å². The van der Waals surface area contributed by atoms with Gasteiger partial charge in [-0.15, -0.1) is 0 Å². The summed E-state index contributed by atoms with van der Waals surface area (Å²) in [5.41, 5.74) is 4.95. The van der Waals surface area contributed by atoms with Crippen molar-refractivity contribution >= 4 is 0 Å². The van der Waals surface area contributed by atoms with Crippen LogP contribution in [0.3, 0.4) is 0 Å². The zero-order chi connectivity index (χ0) is 14.8. The Bertz CT molecular complexity index is 379. The molecule has 0 aromatic heterocycles. The highest BCUT2D eigenvalue weighted by atomic mass is 19.1. The number of benzene rings is 1. The molecule has 1 rings (SSSR count). The first kappa shape index (κ1) is 17.1. The average molecular weight is 280 g/mol. The average Bonchev–Trinajstić information content (AvgIpc) is 2.43. The summed E-state index contributed by atoms with van der Waals surface area (Å²) in [6.45, 7) is 4.18. The van der Waals surface area contributed by atoms with E-state index in [-0.39, 0.29) is 11.9 Å². The number of nitrogens with one attached hydrogen (secondary N) is 1. The van der Waals surface area contributed by atoms with Crippen LogP contribution in [-0.4, -0.2) is 0 Å². The largest absolute Gasteiger partial charge is 0.271 e. The fourth-order valence-corrected chi connectivity index (χ4v) is 2.66. The Kier molecular flexibility index (Phi) is 8.47. The van der Waals surface area contributed by atoms with E-state index in [1.165, 1.54) is 44.6 Å². The van der Waals surface area contributed by atoms with Gasteiger partial charge in [-0.25, -0.2) is 4.39 Å². The molecule has 0 radical (unpaired) electrons. The summed E-state index contributed by atoms with van der Waals surface area (Å²) < 4.78 is 13.1. The Hall–Kier alpha value is -0.930. The highest BCUT2D eigenvalue weighted by Crippen LogP contribution is 2.23. The summed E-state index contributed by atoms with van der Waals surface area (Å²) in [6.07, 6.45) is 10.1. The van der Waals surface area contributed by atoms with Crippen molar-refractivity contribution in [2.45, 2.75) is 71.3 Å². The highest BCUT2D eigenvalue weighted by molar-refractivity contribution is 5.29. The molecule has 1 atom stereocenters. The maximum absolute atomic E-state index is 13.1. The molecule has 2 nitrogen and oxygen atoms in total. The van der Waals surface area contributed by atoms with Crippen LogP contribution < -0.4 is 11.3 Å². The Labute approximate surface area is 122 Å². The maximum atomic E-state index is 13.1. The molecule has 0 amide bonds. The predicted molar refractivity (Wildman–Crippen MR) is 83.8 cm³/mol. The molecule has 0 heterocycles. The minimum atomic E-state index is -0.182. The van der Waals surface area contributed by atoms with Gasteiger partial charge < -0.3 is 0 Å². The molecule has 0 saturated carbocycles. The van der Waals surface area contributed by atoms with Crippen LogP contribution in [0.15, 0.2) is 18.2 Å². The molecule has 1 aromatic carbocycles. The zero-order valence-corrected chi connectivity index (χ0v) is 12.9. The zero-order valence-electron chi connectivity index (χ0n) is 12.9. The monoisotopic (exact) mass is 280 g/mol. The van der Waals surface area contributed by atoms with Crippen molar-refractivity contribution < 1.29 is 4.39 Å². The molecule has 0 aliphatic heterocycles.